The molecule has 0 aliphatic carbocycles. The summed E-state index contributed by atoms with van der Waals surface area (Å²) < 4.78 is 10.5. The lowest BCUT2D eigenvalue weighted by Gasteiger charge is -2.09. The summed E-state index contributed by atoms with van der Waals surface area (Å²) in [6.07, 6.45) is 5.16. The van der Waals surface area contributed by atoms with Gasteiger partial charge in [-0.2, -0.15) is 0 Å². The standard InChI is InChI=1S/C19H18O3/c1-2-19(20)22-15-14-21-18-11-7-6-10-17(18)13-12-16-8-4-3-5-9-16/h2-13H,1,14-15H2/b13-12+. The van der Waals surface area contributed by atoms with E-state index in [1.807, 2.05) is 66.7 Å². The van der Waals surface area contributed by atoms with Crippen LogP contribution in [0.15, 0.2) is 67.3 Å². The Hall–Kier alpha value is -2.81. The Morgan fingerprint density at radius 3 is 2.45 bits per heavy atom. The highest BCUT2D eigenvalue weighted by molar-refractivity contribution is 5.81. The number of hydrogen-bond donors (Lipinski definition) is 0. The van der Waals surface area contributed by atoms with E-state index in [4.69, 9.17) is 9.47 Å². The SMILES string of the molecule is C=CC(=O)OCCOc1ccccc1/C=C/c1ccccc1. The summed E-state index contributed by atoms with van der Waals surface area (Å²) in [5, 5.41) is 0. The van der Waals surface area contributed by atoms with Crippen LogP contribution in [0.2, 0.25) is 0 Å². The van der Waals surface area contributed by atoms with Gasteiger partial charge in [-0.3, -0.25) is 0 Å². The van der Waals surface area contributed by atoms with Crippen molar-refractivity contribution < 1.29 is 14.3 Å². The van der Waals surface area contributed by atoms with Gasteiger partial charge in [-0.25, -0.2) is 4.79 Å². The molecule has 0 bridgehead atoms. The monoisotopic (exact) mass is 294 g/mol. The highest BCUT2D eigenvalue weighted by Gasteiger charge is 2.01. The largest absolute Gasteiger partial charge is 0.489 e. The van der Waals surface area contributed by atoms with Crippen molar-refractivity contribution in [1.29, 1.82) is 0 Å². The number of benzene rings is 2. The van der Waals surface area contributed by atoms with Crippen LogP contribution in [0.25, 0.3) is 12.2 Å². The molecule has 0 N–H and O–H groups in total. The molecule has 0 saturated heterocycles. The molecule has 112 valence electrons. The Kier molecular flexibility index (Phi) is 6.00. The molecule has 3 heteroatoms. The van der Waals surface area contributed by atoms with Crippen molar-refractivity contribution in [3.05, 3.63) is 78.4 Å². The summed E-state index contributed by atoms with van der Waals surface area (Å²) in [5.41, 5.74) is 2.10. The molecule has 0 radical (unpaired) electrons. The van der Waals surface area contributed by atoms with E-state index >= 15 is 0 Å². The quantitative estimate of drug-likeness (QED) is 0.335. The number of carbonyl (C=O) groups is 1. The van der Waals surface area contributed by atoms with Crippen LogP contribution < -0.4 is 4.74 Å². The van der Waals surface area contributed by atoms with Crippen LogP contribution in [-0.2, 0) is 9.53 Å². The van der Waals surface area contributed by atoms with Crippen molar-refractivity contribution in [3.63, 3.8) is 0 Å². The first-order valence-corrected chi connectivity index (χ1v) is 7.04. The van der Waals surface area contributed by atoms with Crippen LogP contribution in [0.4, 0.5) is 0 Å². The smallest absolute Gasteiger partial charge is 0.330 e. The Labute approximate surface area is 130 Å². The summed E-state index contributed by atoms with van der Waals surface area (Å²) in [4.78, 5) is 10.9. The van der Waals surface area contributed by atoms with Crippen molar-refractivity contribution in [3.8, 4) is 5.75 Å². The van der Waals surface area contributed by atoms with Crippen molar-refractivity contribution in [2.24, 2.45) is 0 Å². The van der Waals surface area contributed by atoms with Crippen LogP contribution in [0, 0.1) is 0 Å². The molecule has 0 amide bonds. The molecule has 2 aromatic carbocycles. The average molecular weight is 294 g/mol. The van der Waals surface area contributed by atoms with E-state index in [0.29, 0.717) is 6.61 Å². The molecule has 0 unspecified atom stereocenters. The molecule has 0 fully saturated rings. The lowest BCUT2D eigenvalue weighted by molar-refractivity contribution is -0.138. The molecule has 0 aliphatic rings. The first kappa shape index (κ1) is 15.6. The number of esters is 1. The van der Waals surface area contributed by atoms with Gasteiger partial charge in [0, 0.05) is 11.6 Å². The van der Waals surface area contributed by atoms with Gasteiger partial charge < -0.3 is 9.47 Å². The number of hydrogen-bond acceptors (Lipinski definition) is 3. The fourth-order valence-corrected chi connectivity index (χ4v) is 1.85. The van der Waals surface area contributed by atoms with E-state index < -0.39 is 5.97 Å². The minimum atomic E-state index is -0.444. The summed E-state index contributed by atoms with van der Waals surface area (Å²) in [6.45, 7) is 3.84. The van der Waals surface area contributed by atoms with Crippen LogP contribution in [0.1, 0.15) is 11.1 Å². The van der Waals surface area contributed by atoms with Gasteiger partial charge in [0.25, 0.3) is 0 Å². The fraction of sp³-hybridized carbons (Fsp3) is 0.105. The Morgan fingerprint density at radius 2 is 1.68 bits per heavy atom. The van der Waals surface area contributed by atoms with Crippen LogP contribution in [0.3, 0.4) is 0 Å². The predicted molar refractivity (Wildman–Crippen MR) is 88.5 cm³/mol. The number of ether oxygens (including phenoxy) is 2. The minimum Gasteiger partial charge on any atom is -0.489 e. The van der Waals surface area contributed by atoms with Gasteiger partial charge in [-0.15, -0.1) is 0 Å². The lowest BCUT2D eigenvalue weighted by atomic mass is 10.1. The van der Waals surface area contributed by atoms with Gasteiger partial charge in [0.05, 0.1) is 0 Å². The van der Waals surface area contributed by atoms with Crippen molar-refractivity contribution in [2.75, 3.05) is 13.2 Å². The maximum absolute atomic E-state index is 10.9. The van der Waals surface area contributed by atoms with E-state index in [2.05, 4.69) is 6.58 Å². The Bertz CT molecular complexity index is 645. The maximum atomic E-state index is 10.9. The molecule has 0 spiro atoms. The van der Waals surface area contributed by atoms with Gasteiger partial charge in [0.15, 0.2) is 0 Å². The highest BCUT2D eigenvalue weighted by Crippen LogP contribution is 2.20. The van der Waals surface area contributed by atoms with E-state index in [0.717, 1.165) is 23.0 Å². The van der Waals surface area contributed by atoms with Gasteiger partial charge in [0.2, 0.25) is 0 Å². The van der Waals surface area contributed by atoms with Crippen molar-refractivity contribution in [1.82, 2.24) is 0 Å². The lowest BCUT2D eigenvalue weighted by Crippen LogP contribution is -2.10. The third-order valence-electron chi connectivity index (χ3n) is 2.93. The maximum Gasteiger partial charge on any atom is 0.330 e. The molecule has 0 aromatic heterocycles. The van der Waals surface area contributed by atoms with E-state index in [9.17, 15) is 4.79 Å². The van der Waals surface area contributed by atoms with Gasteiger partial charge in [0.1, 0.15) is 19.0 Å². The van der Waals surface area contributed by atoms with Gasteiger partial charge in [-0.05, 0) is 11.6 Å². The first-order chi connectivity index (χ1) is 10.8. The summed E-state index contributed by atoms with van der Waals surface area (Å²) in [5.74, 6) is 0.310. The van der Waals surface area contributed by atoms with E-state index in [1.165, 1.54) is 0 Å². The Balaban J connectivity index is 1.96. The summed E-state index contributed by atoms with van der Waals surface area (Å²) in [6, 6.07) is 17.8. The predicted octanol–water partition coefficient (Wildman–Crippen LogP) is 3.97. The Morgan fingerprint density at radius 1 is 0.955 bits per heavy atom. The van der Waals surface area contributed by atoms with Gasteiger partial charge >= 0.3 is 5.97 Å². The number of rotatable bonds is 7. The van der Waals surface area contributed by atoms with Gasteiger partial charge in [-0.1, -0.05) is 67.3 Å². The second-order valence-electron chi connectivity index (χ2n) is 4.50. The topological polar surface area (TPSA) is 35.5 Å². The first-order valence-electron chi connectivity index (χ1n) is 7.04. The number of carbonyl (C=O) groups excluding carboxylic acids is 1. The summed E-state index contributed by atoms with van der Waals surface area (Å²) >= 11 is 0. The highest BCUT2D eigenvalue weighted by atomic mass is 16.6. The van der Waals surface area contributed by atoms with Crippen LogP contribution in [0.5, 0.6) is 5.75 Å². The third kappa shape index (κ3) is 4.94. The third-order valence-corrected chi connectivity index (χ3v) is 2.93. The second kappa shape index (κ2) is 8.47. The molecular formula is C19H18O3. The van der Waals surface area contributed by atoms with Crippen molar-refractivity contribution in [2.45, 2.75) is 0 Å². The zero-order valence-electron chi connectivity index (χ0n) is 12.3. The summed E-state index contributed by atoms with van der Waals surface area (Å²) in [7, 11) is 0. The molecule has 0 atom stereocenters. The molecule has 0 aliphatic heterocycles. The molecule has 3 nitrogen and oxygen atoms in total. The van der Waals surface area contributed by atoms with Crippen LogP contribution >= 0.6 is 0 Å². The molecule has 0 heterocycles. The minimum absolute atomic E-state index is 0.196. The molecule has 0 saturated carbocycles. The van der Waals surface area contributed by atoms with E-state index in [-0.39, 0.29) is 6.61 Å². The number of para-hydroxylation sites is 1. The zero-order chi connectivity index (χ0) is 15.6. The van der Waals surface area contributed by atoms with Crippen molar-refractivity contribution >= 4 is 18.1 Å². The van der Waals surface area contributed by atoms with E-state index in [1.54, 1.807) is 0 Å². The second-order valence-corrected chi connectivity index (χ2v) is 4.50. The zero-order valence-corrected chi connectivity index (χ0v) is 12.3. The normalized spacial score (nSPS) is 10.4. The molecule has 22 heavy (non-hydrogen) atoms. The fourth-order valence-electron chi connectivity index (χ4n) is 1.85. The molecular weight excluding hydrogens is 276 g/mol. The average Bonchev–Trinajstić information content (AvgIpc) is 2.58. The molecule has 2 aromatic rings. The molecule has 2 rings (SSSR count). The van der Waals surface area contributed by atoms with Crippen LogP contribution in [-0.4, -0.2) is 19.2 Å².